The zero-order valence-electron chi connectivity index (χ0n) is 11.7. The van der Waals surface area contributed by atoms with Crippen LogP contribution in [0.4, 0.5) is 10.1 Å². The van der Waals surface area contributed by atoms with Gasteiger partial charge >= 0.3 is 0 Å². The number of halogens is 1. The fraction of sp³-hybridized carbons (Fsp3) is 0.188. The monoisotopic (exact) mass is 271 g/mol. The van der Waals surface area contributed by atoms with Crippen LogP contribution in [0.5, 0.6) is 0 Å². The Kier molecular flexibility index (Phi) is 4.03. The highest BCUT2D eigenvalue weighted by molar-refractivity contribution is 5.94. The number of nitrogens with zero attached hydrogens (tertiary/aromatic N) is 1. The van der Waals surface area contributed by atoms with E-state index in [0.29, 0.717) is 17.7 Å². The van der Waals surface area contributed by atoms with Crippen molar-refractivity contribution in [1.29, 1.82) is 5.41 Å². The summed E-state index contributed by atoms with van der Waals surface area (Å²) in [5.74, 6) is -0.459. The van der Waals surface area contributed by atoms with Gasteiger partial charge in [0.05, 0.1) is 0 Å². The third-order valence-electron chi connectivity index (χ3n) is 3.25. The number of hydrogen-bond donors (Lipinski definition) is 2. The van der Waals surface area contributed by atoms with E-state index in [1.807, 2.05) is 43.1 Å². The number of amidine groups is 1. The van der Waals surface area contributed by atoms with Crippen LogP contribution >= 0.6 is 0 Å². The Bertz CT molecular complexity index is 620. The molecule has 0 atom stereocenters. The molecule has 0 unspecified atom stereocenters. The fourth-order valence-corrected chi connectivity index (χ4v) is 1.99. The highest BCUT2D eigenvalue weighted by Gasteiger charge is 2.08. The van der Waals surface area contributed by atoms with Crippen molar-refractivity contribution in [2.24, 2.45) is 5.73 Å². The molecule has 0 amide bonds. The average molecular weight is 271 g/mol. The van der Waals surface area contributed by atoms with Crippen LogP contribution in [0.3, 0.4) is 0 Å². The van der Waals surface area contributed by atoms with Gasteiger partial charge in [0.2, 0.25) is 0 Å². The van der Waals surface area contributed by atoms with E-state index in [1.165, 1.54) is 11.6 Å². The van der Waals surface area contributed by atoms with Gasteiger partial charge in [-0.3, -0.25) is 5.41 Å². The van der Waals surface area contributed by atoms with Gasteiger partial charge in [0.15, 0.2) is 0 Å². The molecular weight excluding hydrogens is 253 g/mol. The molecule has 0 aromatic heterocycles. The molecule has 3 nitrogen and oxygen atoms in total. The number of hydrogen-bond acceptors (Lipinski definition) is 2. The third-order valence-corrected chi connectivity index (χ3v) is 3.25. The summed E-state index contributed by atoms with van der Waals surface area (Å²) in [7, 11) is 1.92. The largest absolute Gasteiger partial charge is 0.384 e. The summed E-state index contributed by atoms with van der Waals surface area (Å²) in [6.45, 7) is 2.50. The summed E-state index contributed by atoms with van der Waals surface area (Å²) in [6, 6.07) is 12.7. The molecular formula is C16H18FN3. The second-order valence-electron chi connectivity index (χ2n) is 4.91. The summed E-state index contributed by atoms with van der Waals surface area (Å²) >= 11 is 0. The lowest BCUT2D eigenvalue weighted by molar-refractivity contribution is 0.607. The Morgan fingerprint density at radius 3 is 2.40 bits per heavy atom. The molecule has 0 aliphatic heterocycles. The van der Waals surface area contributed by atoms with E-state index in [2.05, 4.69) is 0 Å². The molecule has 4 heteroatoms. The van der Waals surface area contributed by atoms with Crippen LogP contribution in [0.1, 0.15) is 16.7 Å². The maximum absolute atomic E-state index is 14.0. The Balaban J connectivity index is 2.17. The first-order valence-corrected chi connectivity index (χ1v) is 6.38. The van der Waals surface area contributed by atoms with Gasteiger partial charge in [-0.25, -0.2) is 4.39 Å². The van der Waals surface area contributed by atoms with Crippen molar-refractivity contribution >= 4 is 11.5 Å². The first kappa shape index (κ1) is 14.1. The van der Waals surface area contributed by atoms with Crippen LogP contribution in [0.2, 0.25) is 0 Å². The molecule has 0 radical (unpaired) electrons. The number of anilines is 1. The Morgan fingerprint density at radius 2 is 1.85 bits per heavy atom. The lowest BCUT2D eigenvalue weighted by Gasteiger charge is -2.20. The molecule has 0 saturated heterocycles. The quantitative estimate of drug-likeness (QED) is 0.663. The van der Waals surface area contributed by atoms with Gasteiger partial charge in [-0.1, -0.05) is 29.8 Å². The van der Waals surface area contributed by atoms with Crippen molar-refractivity contribution in [3.8, 4) is 0 Å². The average Bonchev–Trinajstić information content (AvgIpc) is 2.41. The molecule has 0 fully saturated rings. The maximum atomic E-state index is 14.0. The highest BCUT2D eigenvalue weighted by atomic mass is 19.1. The molecule has 0 heterocycles. The van der Waals surface area contributed by atoms with Crippen molar-refractivity contribution in [2.75, 3.05) is 11.9 Å². The minimum Gasteiger partial charge on any atom is -0.384 e. The number of rotatable bonds is 4. The summed E-state index contributed by atoms with van der Waals surface area (Å²) in [5, 5.41) is 7.30. The van der Waals surface area contributed by atoms with Crippen molar-refractivity contribution in [3.05, 3.63) is 65.0 Å². The molecule has 0 spiro atoms. The number of benzene rings is 2. The van der Waals surface area contributed by atoms with E-state index in [0.717, 1.165) is 5.69 Å². The Hall–Kier alpha value is -2.36. The minimum absolute atomic E-state index is 0.123. The Labute approximate surface area is 118 Å². The SMILES string of the molecule is Cc1ccc(N(C)Cc2ccc(C(=N)N)cc2F)cc1. The number of aryl methyl sites for hydroxylation is 1. The molecule has 2 aromatic rings. The van der Waals surface area contributed by atoms with Crippen LogP contribution < -0.4 is 10.6 Å². The van der Waals surface area contributed by atoms with Crippen molar-refractivity contribution in [1.82, 2.24) is 0 Å². The van der Waals surface area contributed by atoms with Gasteiger partial charge < -0.3 is 10.6 Å². The maximum Gasteiger partial charge on any atom is 0.128 e. The van der Waals surface area contributed by atoms with Gasteiger partial charge in [-0.05, 0) is 25.1 Å². The van der Waals surface area contributed by atoms with Crippen LogP contribution in [-0.2, 0) is 6.54 Å². The molecule has 2 rings (SSSR count). The lowest BCUT2D eigenvalue weighted by atomic mass is 10.1. The molecule has 0 saturated carbocycles. The molecule has 20 heavy (non-hydrogen) atoms. The number of nitrogens with one attached hydrogen (secondary N) is 1. The Morgan fingerprint density at radius 1 is 1.20 bits per heavy atom. The van der Waals surface area contributed by atoms with E-state index in [9.17, 15) is 4.39 Å². The van der Waals surface area contributed by atoms with Gasteiger partial charge in [-0.2, -0.15) is 0 Å². The predicted molar refractivity (Wildman–Crippen MR) is 80.7 cm³/mol. The first-order valence-electron chi connectivity index (χ1n) is 6.38. The van der Waals surface area contributed by atoms with Crippen LogP contribution in [0, 0.1) is 18.2 Å². The van der Waals surface area contributed by atoms with E-state index in [4.69, 9.17) is 11.1 Å². The van der Waals surface area contributed by atoms with Gasteiger partial charge in [0, 0.05) is 30.4 Å². The molecule has 3 N–H and O–H groups in total. The first-order chi connectivity index (χ1) is 9.47. The van der Waals surface area contributed by atoms with E-state index in [-0.39, 0.29) is 11.7 Å². The van der Waals surface area contributed by atoms with Gasteiger partial charge in [-0.15, -0.1) is 0 Å². The molecule has 0 bridgehead atoms. The minimum atomic E-state index is -0.336. The highest BCUT2D eigenvalue weighted by Crippen LogP contribution is 2.18. The molecule has 2 aromatic carbocycles. The van der Waals surface area contributed by atoms with E-state index < -0.39 is 0 Å². The van der Waals surface area contributed by atoms with Crippen molar-refractivity contribution in [2.45, 2.75) is 13.5 Å². The van der Waals surface area contributed by atoms with Gasteiger partial charge in [0.25, 0.3) is 0 Å². The second-order valence-corrected chi connectivity index (χ2v) is 4.91. The smallest absolute Gasteiger partial charge is 0.128 e. The summed E-state index contributed by atoms with van der Waals surface area (Å²) in [5.41, 5.74) is 8.56. The van der Waals surface area contributed by atoms with Crippen LogP contribution in [-0.4, -0.2) is 12.9 Å². The molecule has 104 valence electrons. The lowest BCUT2D eigenvalue weighted by Crippen LogP contribution is -2.18. The second kappa shape index (κ2) is 5.74. The number of nitrogens with two attached hydrogens (primary N) is 1. The van der Waals surface area contributed by atoms with Crippen LogP contribution in [0.25, 0.3) is 0 Å². The van der Waals surface area contributed by atoms with Crippen molar-refractivity contribution < 1.29 is 4.39 Å². The van der Waals surface area contributed by atoms with E-state index >= 15 is 0 Å². The summed E-state index contributed by atoms with van der Waals surface area (Å²) < 4.78 is 14.0. The topological polar surface area (TPSA) is 53.1 Å². The van der Waals surface area contributed by atoms with Crippen LogP contribution in [0.15, 0.2) is 42.5 Å². The molecule has 0 aliphatic carbocycles. The predicted octanol–water partition coefficient (Wildman–Crippen LogP) is 3.05. The zero-order valence-corrected chi connectivity index (χ0v) is 11.7. The van der Waals surface area contributed by atoms with Crippen molar-refractivity contribution in [3.63, 3.8) is 0 Å². The standard InChI is InChI=1S/C16H18FN3/c1-11-3-7-14(8-4-11)20(2)10-13-6-5-12(16(18)19)9-15(13)17/h3-9H,10H2,1-2H3,(H3,18,19). The molecule has 0 aliphatic rings. The summed E-state index contributed by atoms with van der Waals surface area (Å²) in [6.07, 6.45) is 0. The summed E-state index contributed by atoms with van der Waals surface area (Å²) in [4.78, 5) is 1.98. The third kappa shape index (κ3) is 3.15. The zero-order chi connectivity index (χ0) is 14.7. The van der Waals surface area contributed by atoms with E-state index in [1.54, 1.807) is 12.1 Å². The fourth-order valence-electron chi connectivity index (χ4n) is 1.99. The normalized spacial score (nSPS) is 10.3. The number of nitrogen functional groups attached to an aromatic ring is 1. The van der Waals surface area contributed by atoms with Gasteiger partial charge in [0.1, 0.15) is 11.7 Å².